The summed E-state index contributed by atoms with van der Waals surface area (Å²) in [5.74, 6) is 1.22. The number of carbonyl (C=O) groups is 1. The van der Waals surface area contributed by atoms with Crippen molar-refractivity contribution in [3.8, 4) is 0 Å². The van der Waals surface area contributed by atoms with Gasteiger partial charge in [-0.2, -0.15) is 0 Å². The van der Waals surface area contributed by atoms with E-state index in [1.165, 1.54) is 0 Å². The van der Waals surface area contributed by atoms with Crippen LogP contribution in [0.15, 0.2) is 16.7 Å². The van der Waals surface area contributed by atoms with Gasteiger partial charge in [0.15, 0.2) is 0 Å². The number of rotatable bonds is 7. The Bertz CT molecular complexity index is 421. The Morgan fingerprint density at radius 3 is 2.84 bits per heavy atom. The average molecular weight is 328 g/mol. The molecule has 0 spiro atoms. The monoisotopic (exact) mass is 327 g/mol. The Labute approximate surface area is 123 Å². The molecule has 0 radical (unpaired) electrons. The van der Waals surface area contributed by atoms with E-state index in [2.05, 4.69) is 45.4 Å². The lowest BCUT2D eigenvalue weighted by atomic mass is 10.1. The Hall–Kier alpha value is -1.10. The first kappa shape index (κ1) is 16.0. The van der Waals surface area contributed by atoms with Crippen molar-refractivity contribution in [2.75, 3.05) is 18.4 Å². The minimum Gasteiger partial charge on any atom is -0.370 e. The second kappa shape index (κ2) is 8.15. The van der Waals surface area contributed by atoms with E-state index in [1.807, 2.05) is 6.92 Å². The third-order valence-electron chi connectivity index (χ3n) is 2.69. The fraction of sp³-hybridized carbons (Fsp3) is 0.571. The molecular formula is C14H22BrN3O. The number of hydrogen-bond acceptors (Lipinski definition) is 3. The molecule has 1 aromatic heterocycles. The largest absolute Gasteiger partial charge is 0.370 e. The number of amides is 1. The van der Waals surface area contributed by atoms with Crippen LogP contribution in [-0.2, 0) is 0 Å². The molecule has 0 aromatic carbocycles. The summed E-state index contributed by atoms with van der Waals surface area (Å²) < 4.78 is 0.807. The predicted octanol–water partition coefficient (Wildman–Crippen LogP) is 3.44. The lowest BCUT2D eigenvalue weighted by Gasteiger charge is -2.11. The molecule has 0 atom stereocenters. The third kappa shape index (κ3) is 5.59. The van der Waals surface area contributed by atoms with Gasteiger partial charge >= 0.3 is 0 Å². The van der Waals surface area contributed by atoms with Gasteiger partial charge in [0.05, 0.1) is 5.56 Å². The molecule has 0 saturated heterocycles. The van der Waals surface area contributed by atoms with Crippen LogP contribution in [0.1, 0.15) is 44.0 Å². The highest BCUT2D eigenvalue weighted by molar-refractivity contribution is 9.10. The normalized spacial score (nSPS) is 10.6. The molecule has 0 aliphatic carbocycles. The maximum absolute atomic E-state index is 12.1. The SMILES string of the molecule is CCNc1ncc(Br)cc1C(=O)NCCCC(C)C. The van der Waals surface area contributed by atoms with Gasteiger partial charge in [0.2, 0.25) is 0 Å². The number of halogens is 1. The summed E-state index contributed by atoms with van der Waals surface area (Å²) in [4.78, 5) is 16.4. The number of anilines is 1. The molecule has 1 aromatic rings. The maximum Gasteiger partial charge on any atom is 0.255 e. The molecule has 1 rings (SSSR count). The van der Waals surface area contributed by atoms with Crippen LogP contribution in [-0.4, -0.2) is 24.0 Å². The number of aromatic nitrogens is 1. The smallest absolute Gasteiger partial charge is 0.255 e. The number of pyridine rings is 1. The summed E-state index contributed by atoms with van der Waals surface area (Å²) in [6, 6.07) is 1.79. The Morgan fingerprint density at radius 1 is 1.47 bits per heavy atom. The van der Waals surface area contributed by atoms with Gasteiger partial charge in [0.25, 0.3) is 5.91 Å². The van der Waals surface area contributed by atoms with Crippen molar-refractivity contribution in [1.29, 1.82) is 0 Å². The molecule has 2 N–H and O–H groups in total. The van der Waals surface area contributed by atoms with Gasteiger partial charge < -0.3 is 10.6 Å². The molecular weight excluding hydrogens is 306 g/mol. The number of nitrogens with one attached hydrogen (secondary N) is 2. The quantitative estimate of drug-likeness (QED) is 0.754. The van der Waals surface area contributed by atoms with E-state index in [0.29, 0.717) is 23.8 Å². The number of hydrogen-bond donors (Lipinski definition) is 2. The molecule has 0 aliphatic heterocycles. The minimum absolute atomic E-state index is 0.0755. The summed E-state index contributed by atoms with van der Waals surface area (Å²) in [6.45, 7) is 7.79. The molecule has 0 aliphatic rings. The Morgan fingerprint density at radius 2 is 2.21 bits per heavy atom. The van der Waals surface area contributed by atoms with Crippen LogP contribution >= 0.6 is 15.9 Å². The highest BCUT2D eigenvalue weighted by Crippen LogP contribution is 2.17. The van der Waals surface area contributed by atoms with Gasteiger partial charge in [-0.3, -0.25) is 4.79 Å². The summed E-state index contributed by atoms with van der Waals surface area (Å²) in [5, 5.41) is 6.04. The second-order valence-corrected chi connectivity index (χ2v) is 5.79. The van der Waals surface area contributed by atoms with Crippen LogP contribution in [0, 0.1) is 5.92 Å². The first-order chi connectivity index (χ1) is 9.04. The predicted molar refractivity (Wildman–Crippen MR) is 82.5 cm³/mol. The third-order valence-corrected chi connectivity index (χ3v) is 3.12. The molecule has 4 nitrogen and oxygen atoms in total. The number of nitrogens with zero attached hydrogens (tertiary/aromatic N) is 1. The Balaban J connectivity index is 2.62. The molecule has 0 fully saturated rings. The van der Waals surface area contributed by atoms with E-state index in [-0.39, 0.29) is 5.91 Å². The first-order valence-electron chi connectivity index (χ1n) is 6.72. The first-order valence-corrected chi connectivity index (χ1v) is 7.51. The van der Waals surface area contributed by atoms with Crippen molar-refractivity contribution in [1.82, 2.24) is 10.3 Å². The summed E-state index contributed by atoms with van der Waals surface area (Å²) in [6.07, 6.45) is 3.81. The zero-order valence-corrected chi connectivity index (χ0v) is 13.4. The van der Waals surface area contributed by atoms with Crippen molar-refractivity contribution < 1.29 is 4.79 Å². The van der Waals surface area contributed by atoms with Crippen LogP contribution in [0.4, 0.5) is 5.82 Å². The molecule has 19 heavy (non-hydrogen) atoms. The van der Waals surface area contributed by atoms with Crippen molar-refractivity contribution in [2.24, 2.45) is 5.92 Å². The van der Waals surface area contributed by atoms with Gasteiger partial charge in [-0.05, 0) is 47.7 Å². The lowest BCUT2D eigenvalue weighted by molar-refractivity contribution is 0.0953. The molecule has 0 bridgehead atoms. The van der Waals surface area contributed by atoms with E-state index >= 15 is 0 Å². The van der Waals surface area contributed by atoms with Gasteiger partial charge in [-0.1, -0.05) is 13.8 Å². The molecule has 5 heteroatoms. The minimum atomic E-state index is -0.0755. The zero-order chi connectivity index (χ0) is 14.3. The highest BCUT2D eigenvalue weighted by Gasteiger charge is 2.12. The molecule has 0 unspecified atom stereocenters. The second-order valence-electron chi connectivity index (χ2n) is 4.87. The van der Waals surface area contributed by atoms with Gasteiger partial charge in [0, 0.05) is 23.8 Å². The van der Waals surface area contributed by atoms with Gasteiger partial charge in [0.1, 0.15) is 5.82 Å². The standard InChI is InChI=1S/C14H22BrN3O/c1-4-16-13-12(8-11(15)9-18-13)14(19)17-7-5-6-10(2)3/h8-10H,4-7H2,1-3H3,(H,16,18)(H,17,19). The van der Waals surface area contributed by atoms with Crippen molar-refractivity contribution in [3.63, 3.8) is 0 Å². The van der Waals surface area contributed by atoms with Crippen molar-refractivity contribution >= 4 is 27.7 Å². The van der Waals surface area contributed by atoms with E-state index in [0.717, 1.165) is 23.9 Å². The van der Waals surface area contributed by atoms with E-state index in [9.17, 15) is 4.79 Å². The van der Waals surface area contributed by atoms with Crippen LogP contribution in [0.25, 0.3) is 0 Å². The summed E-state index contributed by atoms with van der Waals surface area (Å²) in [5.41, 5.74) is 0.584. The van der Waals surface area contributed by atoms with Crippen LogP contribution in [0.5, 0.6) is 0 Å². The van der Waals surface area contributed by atoms with Gasteiger partial charge in [-0.25, -0.2) is 4.98 Å². The Kier molecular flexibility index (Phi) is 6.84. The van der Waals surface area contributed by atoms with Gasteiger partial charge in [-0.15, -0.1) is 0 Å². The summed E-state index contributed by atoms with van der Waals surface area (Å²) in [7, 11) is 0. The van der Waals surface area contributed by atoms with Crippen LogP contribution < -0.4 is 10.6 Å². The van der Waals surface area contributed by atoms with E-state index in [4.69, 9.17) is 0 Å². The topological polar surface area (TPSA) is 54.0 Å². The van der Waals surface area contributed by atoms with Crippen molar-refractivity contribution in [2.45, 2.75) is 33.6 Å². The fourth-order valence-electron chi connectivity index (χ4n) is 1.73. The average Bonchev–Trinajstić information content (AvgIpc) is 2.36. The van der Waals surface area contributed by atoms with E-state index < -0.39 is 0 Å². The molecule has 0 saturated carbocycles. The van der Waals surface area contributed by atoms with Crippen LogP contribution in [0.2, 0.25) is 0 Å². The summed E-state index contributed by atoms with van der Waals surface area (Å²) >= 11 is 3.35. The molecule has 106 valence electrons. The number of carbonyl (C=O) groups excluding carboxylic acids is 1. The highest BCUT2D eigenvalue weighted by atomic mass is 79.9. The lowest BCUT2D eigenvalue weighted by Crippen LogP contribution is -2.26. The zero-order valence-electron chi connectivity index (χ0n) is 11.8. The van der Waals surface area contributed by atoms with E-state index in [1.54, 1.807) is 12.3 Å². The maximum atomic E-state index is 12.1. The van der Waals surface area contributed by atoms with Crippen LogP contribution in [0.3, 0.4) is 0 Å². The molecule has 1 heterocycles. The molecule has 1 amide bonds. The fourth-order valence-corrected chi connectivity index (χ4v) is 2.06. The van der Waals surface area contributed by atoms with Crippen molar-refractivity contribution in [3.05, 3.63) is 22.3 Å².